The summed E-state index contributed by atoms with van der Waals surface area (Å²) in [5, 5.41) is 0.262. The highest BCUT2D eigenvalue weighted by Gasteiger charge is 2.42. The normalized spacial score (nSPS) is 14.4. The Morgan fingerprint density at radius 3 is 1.80 bits per heavy atom. The molecule has 0 radical (unpaired) electrons. The third-order valence-electron chi connectivity index (χ3n) is 1.29. The summed E-state index contributed by atoms with van der Waals surface area (Å²) in [4.78, 5) is 19.3. The van der Waals surface area contributed by atoms with Gasteiger partial charge in [0.1, 0.15) is 0 Å². The summed E-state index contributed by atoms with van der Waals surface area (Å²) in [7, 11) is -7.60. The first-order chi connectivity index (χ1) is 6.47. The molecule has 0 unspecified atom stereocenters. The molecule has 0 spiro atoms. The zero-order valence-electron chi connectivity index (χ0n) is 10.3. The minimum absolute atomic E-state index is 0.262. The Labute approximate surface area is 99.8 Å². The predicted octanol–water partition coefficient (Wildman–Crippen LogP) is 1.38. The van der Waals surface area contributed by atoms with E-state index in [2.05, 4.69) is 19.6 Å². The van der Waals surface area contributed by atoms with E-state index < -0.39 is 25.7 Å². The highest BCUT2D eigenvalue weighted by molar-refractivity contribution is 8.00. The van der Waals surface area contributed by atoms with E-state index in [1.807, 2.05) is 19.3 Å². The van der Waals surface area contributed by atoms with Crippen molar-refractivity contribution in [3.05, 3.63) is 0 Å². The van der Waals surface area contributed by atoms with Crippen molar-refractivity contribution in [1.29, 1.82) is 0 Å². The number of rotatable bonds is 6. The smallest absolute Gasteiger partial charge is 0.437 e. The molecule has 0 amide bonds. The molecule has 0 bridgehead atoms. The van der Waals surface area contributed by atoms with E-state index in [9.17, 15) is 9.59 Å². The van der Waals surface area contributed by atoms with E-state index in [0.29, 0.717) is 0 Å². The molecule has 0 aliphatic carbocycles. The lowest BCUT2D eigenvalue weighted by Crippen LogP contribution is -2.55. The third-order valence-corrected chi connectivity index (χ3v) is 11.6. The Kier molecular flexibility index (Phi) is 5.75. The van der Waals surface area contributed by atoms with Crippen molar-refractivity contribution in [2.45, 2.75) is 32.7 Å². The lowest BCUT2D eigenvalue weighted by atomic mass is 11.8. The van der Waals surface area contributed by atoms with Gasteiger partial charge in [-0.2, -0.15) is 11.8 Å². The van der Waals surface area contributed by atoms with Crippen LogP contribution in [0.4, 0.5) is 0 Å². The molecule has 0 saturated carbocycles. The van der Waals surface area contributed by atoms with Crippen molar-refractivity contribution in [3.63, 3.8) is 0 Å². The van der Waals surface area contributed by atoms with Crippen molar-refractivity contribution < 1.29 is 17.8 Å². The largest absolute Gasteiger partial charge is 0.496 e. The van der Waals surface area contributed by atoms with Gasteiger partial charge in [0, 0.05) is 0 Å². The second-order valence-electron chi connectivity index (χ2n) is 4.89. The van der Waals surface area contributed by atoms with Gasteiger partial charge in [-0.25, -0.2) is 0 Å². The standard InChI is InChI=1S/C7H22O4SSi3/c1-12-7-15(8,9)11-14(5,6)10-13(2,3)4/h8-9H,7H2,1-6H3. The fourth-order valence-electron chi connectivity index (χ4n) is 1.37. The summed E-state index contributed by atoms with van der Waals surface area (Å²) in [5.41, 5.74) is 0. The van der Waals surface area contributed by atoms with Crippen molar-refractivity contribution in [3.8, 4) is 0 Å². The third kappa shape index (κ3) is 8.63. The Morgan fingerprint density at radius 2 is 1.47 bits per heavy atom. The lowest BCUT2D eigenvalue weighted by Gasteiger charge is -2.34. The van der Waals surface area contributed by atoms with Gasteiger partial charge in [-0.3, -0.25) is 0 Å². The Hall–Kier alpha value is 0.841. The molecular formula is C7H22O4SSi3. The molecular weight excluding hydrogens is 264 g/mol. The molecule has 0 rings (SSSR count). The number of thioether (sulfide) groups is 1. The van der Waals surface area contributed by atoms with Crippen LogP contribution in [-0.2, 0) is 8.23 Å². The monoisotopic (exact) mass is 286 g/mol. The van der Waals surface area contributed by atoms with E-state index in [1.165, 1.54) is 11.8 Å². The van der Waals surface area contributed by atoms with Crippen molar-refractivity contribution >= 4 is 37.4 Å². The van der Waals surface area contributed by atoms with Crippen molar-refractivity contribution in [2.24, 2.45) is 0 Å². The highest BCUT2D eigenvalue weighted by atomic mass is 32.2. The van der Waals surface area contributed by atoms with Crippen LogP contribution in [0.1, 0.15) is 0 Å². The van der Waals surface area contributed by atoms with Gasteiger partial charge in [0.25, 0.3) is 0 Å². The predicted molar refractivity (Wildman–Crippen MR) is 71.6 cm³/mol. The zero-order chi connectivity index (χ0) is 12.3. The first-order valence-electron chi connectivity index (χ1n) is 4.81. The molecule has 15 heavy (non-hydrogen) atoms. The topological polar surface area (TPSA) is 58.9 Å². The summed E-state index contributed by atoms with van der Waals surface area (Å²) < 4.78 is 11.3. The minimum Gasteiger partial charge on any atom is -0.437 e. The summed E-state index contributed by atoms with van der Waals surface area (Å²) in [6, 6.07) is 0. The van der Waals surface area contributed by atoms with Gasteiger partial charge in [-0.1, -0.05) is 0 Å². The van der Waals surface area contributed by atoms with Gasteiger partial charge in [0.15, 0.2) is 8.32 Å². The van der Waals surface area contributed by atoms with Crippen molar-refractivity contribution in [2.75, 3.05) is 11.6 Å². The maximum atomic E-state index is 9.67. The van der Waals surface area contributed by atoms with E-state index in [-0.39, 0.29) is 5.38 Å². The molecule has 0 heterocycles. The summed E-state index contributed by atoms with van der Waals surface area (Å²) in [5.74, 6) is 0. The summed E-state index contributed by atoms with van der Waals surface area (Å²) >= 11 is 1.38. The van der Waals surface area contributed by atoms with E-state index in [0.717, 1.165) is 0 Å². The Morgan fingerprint density at radius 1 is 1.00 bits per heavy atom. The average molecular weight is 287 g/mol. The van der Waals surface area contributed by atoms with Crippen LogP contribution in [0.5, 0.6) is 0 Å². The average Bonchev–Trinajstić information content (AvgIpc) is 1.74. The number of hydrogen-bond acceptors (Lipinski definition) is 5. The summed E-state index contributed by atoms with van der Waals surface area (Å²) in [6.45, 7) is 9.92. The van der Waals surface area contributed by atoms with Gasteiger partial charge < -0.3 is 17.8 Å². The van der Waals surface area contributed by atoms with E-state index in [4.69, 9.17) is 8.23 Å². The molecule has 0 aromatic carbocycles. The molecule has 0 atom stereocenters. The van der Waals surface area contributed by atoms with Gasteiger partial charge in [0.05, 0.1) is 5.38 Å². The molecule has 0 saturated heterocycles. The summed E-state index contributed by atoms with van der Waals surface area (Å²) in [6.07, 6.45) is 1.82. The molecule has 0 aromatic rings. The van der Waals surface area contributed by atoms with Crippen LogP contribution in [0.25, 0.3) is 0 Å². The molecule has 0 aromatic heterocycles. The van der Waals surface area contributed by atoms with Crippen LogP contribution in [-0.4, -0.2) is 46.9 Å². The van der Waals surface area contributed by atoms with Crippen LogP contribution in [0, 0.1) is 0 Å². The van der Waals surface area contributed by atoms with Gasteiger partial charge in [-0.15, -0.1) is 0 Å². The Balaban J connectivity index is 4.36. The van der Waals surface area contributed by atoms with Crippen LogP contribution in [0.2, 0.25) is 32.7 Å². The molecule has 8 heteroatoms. The maximum absolute atomic E-state index is 9.67. The molecule has 0 aliphatic rings. The number of hydrogen-bond donors (Lipinski definition) is 2. The quantitative estimate of drug-likeness (QED) is 0.723. The van der Waals surface area contributed by atoms with Gasteiger partial charge in [-0.05, 0) is 39.0 Å². The molecule has 0 aliphatic heterocycles. The molecule has 2 N–H and O–H groups in total. The first-order valence-corrected chi connectivity index (χ1v) is 14.4. The van der Waals surface area contributed by atoms with Crippen LogP contribution < -0.4 is 0 Å². The fraction of sp³-hybridized carbons (Fsp3) is 1.00. The SMILES string of the molecule is CSC[Si](O)(O)O[Si](C)(C)O[Si](C)(C)C. The second-order valence-corrected chi connectivity index (χ2v) is 16.8. The first kappa shape index (κ1) is 15.8. The highest BCUT2D eigenvalue weighted by Crippen LogP contribution is 2.19. The van der Waals surface area contributed by atoms with Crippen LogP contribution in [0.15, 0.2) is 0 Å². The van der Waals surface area contributed by atoms with E-state index >= 15 is 0 Å². The Bertz CT molecular complexity index is 205. The van der Waals surface area contributed by atoms with Crippen LogP contribution in [0.3, 0.4) is 0 Å². The maximum Gasteiger partial charge on any atom is 0.496 e. The molecule has 4 nitrogen and oxygen atoms in total. The van der Waals surface area contributed by atoms with Gasteiger partial charge in [0.2, 0.25) is 0 Å². The van der Waals surface area contributed by atoms with Crippen molar-refractivity contribution in [1.82, 2.24) is 0 Å². The van der Waals surface area contributed by atoms with E-state index in [1.54, 1.807) is 0 Å². The lowest BCUT2D eigenvalue weighted by molar-refractivity contribution is 0.221. The fourth-order valence-corrected chi connectivity index (χ4v) is 13.2. The second kappa shape index (κ2) is 5.45. The van der Waals surface area contributed by atoms with Gasteiger partial charge >= 0.3 is 17.4 Å². The molecule has 92 valence electrons. The minimum atomic E-state index is -3.52. The molecule has 0 fully saturated rings. The zero-order valence-corrected chi connectivity index (χ0v) is 14.1. The van der Waals surface area contributed by atoms with Crippen LogP contribution >= 0.6 is 11.8 Å².